The molecular weight excluding hydrogens is 388 g/mol. The van der Waals surface area contributed by atoms with Gasteiger partial charge in [0.05, 0.1) is 12.8 Å². The van der Waals surface area contributed by atoms with Crippen LogP contribution in [0.3, 0.4) is 0 Å². The van der Waals surface area contributed by atoms with Gasteiger partial charge in [0.25, 0.3) is 6.43 Å². The summed E-state index contributed by atoms with van der Waals surface area (Å²) in [5, 5.41) is 10.2. The Kier molecular flexibility index (Phi) is 5.99. The third kappa shape index (κ3) is 4.70. The highest BCUT2D eigenvalue weighted by Gasteiger charge is 2.43. The number of carbonyl (C=O) groups is 2. The number of aromatic nitrogens is 1. The predicted molar refractivity (Wildman–Crippen MR) is 67.0 cm³/mol. The number of hydrogen-bond acceptors (Lipinski definition) is 5. The Bertz CT molecular complexity index is 715. The molecule has 26 heavy (non-hydrogen) atoms. The standard InChI is InChI=1S/C12H8F8N2O4/c1-26-10(25)3-5(21-2-11(15,16)17)4(9(23)24)7(12(18,19)20)22-6(3)8(13)14/h8H,2H2,1H3,(H,21,22)(H,23,24). The molecule has 14 heteroatoms. The van der Waals surface area contributed by atoms with Gasteiger partial charge < -0.3 is 15.2 Å². The topological polar surface area (TPSA) is 88.5 Å². The Balaban J connectivity index is 3.94. The van der Waals surface area contributed by atoms with Crippen LogP contribution in [0.5, 0.6) is 0 Å². The second kappa shape index (κ2) is 7.29. The molecule has 146 valence electrons. The third-order valence-electron chi connectivity index (χ3n) is 2.77. The monoisotopic (exact) mass is 396 g/mol. The van der Waals surface area contributed by atoms with Gasteiger partial charge in [0.1, 0.15) is 23.4 Å². The van der Waals surface area contributed by atoms with Crippen molar-refractivity contribution in [2.24, 2.45) is 0 Å². The molecule has 1 aromatic heterocycles. The van der Waals surface area contributed by atoms with E-state index in [0.29, 0.717) is 7.11 Å². The first-order valence-corrected chi connectivity index (χ1v) is 6.26. The Morgan fingerprint density at radius 2 is 1.69 bits per heavy atom. The van der Waals surface area contributed by atoms with Crippen LogP contribution in [-0.2, 0) is 10.9 Å². The number of rotatable bonds is 5. The van der Waals surface area contributed by atoms with Crippen LogP contribution in [0.1, 0.15) is 38.5 Å². The van der Waals surface area contributed by atoms with E-state index in [2.05, 4.69) is 9.72 Å². The number of carboxylic acid groups (broad SMARTS) is 1. The van der Waals surface area contributed by atoms with E-state index in [0.717, 1.165) is 0 Å². The molecule has 0 unspecified atom stereocenters. The molecule has 0 aliphatic heterocycles. The van der Waals surface area contributed by atoms with Crippen molar-refractivity contribution in [1.29, 1.82) is 0 Å². The summed E-state index contributed by atoms with van der Waals surface area (Å²) >= 11 is 0. The fourth-order valence-corrected chi connectivity index (χ4v) is 1.85. The van der Waals surface area contributed by atoms with Gasteiger partial charge in [-0.2, -0.15) is 26.3 Å². The van der Waals surface area contributed by atoms with Gasteiger partial charge in [0.15, 0.2) is 5.69 Å². The van der Waals surface area contributed by atoms with Gasteiger partial charge in [0.2, 0.25) is 0 Å². The van der Waals surface area contributed by atoms with E-state index in [1.807, 2.05) is 0 Å². The summed E-state index contributed by atoms with van der Waals surface area (Å²) in [6.45, 7) is -2.11. The number of methoxy groups -OCH3 is 1. The lowest BCUT2D eigenvalue weighted by Gasteiger charge is -2.20. The molecule has 2 N–H and O–H groups in total. The number of aromatic carboxylic acids is 1. The van der Waals surface area contributed by atoms with Crippen LogP contribution in [0.25, 0.3) is 0 Å². The Labute approximate surface area is 138 Å². The SMILES string of the molecule is COC(=O)c1c(C(F)F)nc(C(F)(F)F)c(C(=O)O)c1NCC(F)(F)F. The Hall–Kier alpha value is -2.67. The second-order valence-electron chi connectivity index (χ2n) is 4.53. The molecule has 0 spiro atoms. The number of hydrogen-bond donors (Lipinski definition) is 2. The molecule has 0 aromatic carbocycles. The fraction of sp³-hybridized carbons (Fsp3) is 0.417. The summed E-state index contributed by atoms with van der Waals surface area (Å²) in [6.07, 6.45) is -14.5. The molecule has 0 bridgehead atoms. The van der Waals surface area contributed by atoms with E-state index in [4.69, 9.17) is 5.11 Å². The lowest BCUT2D eigenvalue weighted by atomic mass is 10.0. The van der Waals surface area contributed by atoms with Gasteiger partial charge in [-0.25, -0.2) is 23.4 Å². The zero-order chi connectivity index (χ0) is 20.4. The van der Waals surface area contributed by atoms with E-state index in [-0.39, 0.29) is 0 Å². The summed E-state index contributed by atoms with van der Waals surface area (Å²) in [4.78, 5) is 25.2. The van der Waals surface area contributed by atoms with Gasteiger partial charge in [-0.05, 0) is 0 Å². The number of anilines is 1. The van der Waals surface area contributed by atoms with Crippen LogP contribution in [-0.4, -0.2) is 41.9 Å². The van der Waals surface area contributed by atoms with Gasteiger partial charge in [-0.3, -0.25) is 0 Å². The highest BCUT2D eigenvalue weighted by molar-refractivity contribution is 6.05. The number of halogens is 8. The van der Waals surface area contributed by atoms with E-state index in [1.54, 1.807) is 0 Å². The zero-order valence-electron chi connectivity index (χ0n) is 12.4. The molecule has 0 radical (unpaired) electrons. The van der Waals surface area contributed by atoms with E-state index in [9.17, 15) is 44.7 Å². The van der Waals surface area contributed by atoms with Crippen LogP contribution in [0.2, 0.25) is 0 Å². The molecule has 0 saturated heterocycles. The average Bonchev–Trinajstić information content (AvgIpc) is 2.48. The Morgan fingerprint density at radius 3 is 2.04 bits per heavy atom. The normalized spacial score (nSPS) is 12.2. The fourth-order valence-electron chi connectivity index (χ4n) is 1.85. The number of nitrogens with one attached hydrogen (secondary N) is 1. The molecule has 0 fully saturated rings. The number of carboxylic acids is 1. The zero-order valence-corrected chi connectivity index (χ0v) is 12.4. The minimum atomic E-state index is -5.61. The minimum absolute atomic E-state index is 0.600. The van der Waals surface area contributed by atoms with Crippen LogP contribution in [0, 0.1) is 0 Å². The van der Waals surface area contributed by atoms with Crippen LogP contribution < -0.4 is 5.32 Å². The summed E-state index contributed by atoms with van der Waals surface area (Å²) in [5.41, 5.74) is -9.36. The van der Waals surface area contributed by atoms with Crippen molar-refractivity contribution in [2.75, 3.05) is 19.0 Å². The number of pyridine rings is 1. The van der Waals surface area contributed by atoms with Crippen molar-refractivity contribution in [3.8, 4) is 0 Å². The van der Waals surface area contributed by atoms with Crippen molar-refractivity contribution < 1.29 is 54.6 Å². The summed E-state index contributed by atoms with van der Waals surface area (Å²) in [5.74, 6) is -4.24. The van der Waals surface area contributed by atoms with Crippen molar-refractivity contribution in [3.05, 3.63) is 22.5 Å². The average molecular weight is 396 g/mol. The highest BCUT2D eigenvalue weighted by atomic mass is 19.4. The maximum absolute atomic E-state index is 13.0. The number of alkyl halides is 8. The lowest BCUT2D eigenvalue weighted by Crippen LogP contribution is -2.28. The largest absolute Gasteiger partial charge is 0.478 e. The van der Waals surface area contributed by atoms with Crippen molar-refractivity contribution >= 4 is 17.6 Å². The second-order valence-corrected chi connectivity index (χ2v) is 4.53. The summed E-state index contributed by atoms with van der Waals surface area (Å²) < 4.78 is 106. The van der Waals surface area contributed by atoms with E-state index >= 15 is 0 Å². The molecule has 0 aliphatic rings. The molecule has 1 rings (SSSR count). The molecule has 0 amide bonds. The van der Waals surface area contributed by atoms with E-state index in [1.165, 1.54) is 5.32 Å². The van der Waals surface area contributed by atoms with Crippen LogP contribution in [0.4, 0.5) is 40.8 Å². The third-order valence-corrected chi connectivity index (χ3v) is 2.77. The van der Waals surface area contributed by atoms with Gasteiger partial charge in [-0.1, -0.05) is 0 Å². The quantitative estimate of drug-likeness (QED) is 0.585. The Morgan fingerprint density at radius 1 is 1.15 bits per heavy atom. The number of nitrogens with zero attached hydrogens (tertiary/aromatic N) is 1. The molecule has 0 atom stereocenters. The maximum Gasteiger partial charge on any atom is 0.434 e. The molecule has 1 aromatic rings. The number of esters is 1. The van der Waals surface area contributed by atoms with Gasteiger partial charge in [0, 0.05) is 0 Å². The molecule has 6 nitrogen and oxygen atoms in total. The molecule has 0 aliphatic carbocycles. The number of carbonyl (C=O) groups excluding carboxylic acids is 1. The van der Waals surface area contributed by atoms with Crippen molar-refractivity contribution in [1.82, 2.24) is 4.98 Å². The van der Waals surface area contributed by atoms with E-state index < -0.39 is 65.5 Å². The molecular formula is C12H8F8N2O4. The first kappa shape index (κ1) is 21.4. The lowest BCUT2D eigenvalue weighted by molar-refractivity contribution is -0.142. The maximum atomic E-state index is 13.0. The smallest absolute Gasteiger partial charge is 0.434 e. The summed E-state index contributed by atoms with van der Waals surface area (Å²) in [7, 11) is 0.600. The first-order chi connectivity index (χ1) is 11.7. The number of ether oxygens (including phenoxy) is 1. The van der Waals surface area contributed by atoms with Crippen molar-refractivity contribution in [2.45, 2.75) is 18.8 Å². The molecule has 0 saturated carbocycles. The summed E-state index contributed by atoms with van der Waals surface area (Å²) in [6, 6.07) is 0. The minimum Gasteiger partial charge on any atom is -0.478 e. The highest BCUT2D eigenvalue weighted by Crippen LogP contribution is 2.39. The van der Waals surface area contributed by atoms with Crippen molar-refractivity contribution in [3.63, 3.8) is 0 Å². The molecule has 1 heterocycles. The van der Waals surface area contributed by atoms with Crippen LogP contribution >= 0.6 is 0 Å². The first-order valence-electron chi connectivity index (χ1n) is 6.26. The van der Waals surface area contributed by atoms with Crippen LogP contribution in [0.15, 0.2) is 0 Å². The van der Waals surface area contributed by atoms with Gasteiger partial charge >= 0.3 is 24.3 Å². The predicted octanol–water partition coefficient (Wildman–Crippen LogP) is 3.50. The van der Waals surface area contributed by atoms with Gasteiger partial charge in [-0.15, -0.1) is 0 Å².